The number of anilines is 1. The van der Waals surface area contributed by atoms with E-state index in [4.69, 9.17) is 5.11 Å². The van der Waals surface area contributed by atoms with Gasteiger partial charge in [0.2, 0.25) is 5.91 Å². The minimum atomic E-state index is -0.145. The zero-order valence-corrected chi connectivity index (χ0v) is 8.58. The molecule has 0 heterocycles. The Morgan fingerprint density at radius 2 is 2.07 bits per heavy atom. The van der Waals surface area contributed by atoms with Gasteiger partial charge in [-0.3, -0.25) is 4.79 Å². The van der Waals surface area contributed by atoms with Gasteiger partial charge in [0, 0.05) is 17.7 Å². The zero-order chi connectivity index (χ0) is 11.1. The van der Waals surface area contributed by atoms with Crippen molar-refractivity contribution < 1.29 is 9.90 Å². The van der Waals surface area contributed by atoms with Gasteiger partial charge in [-0.25, -0.2) is 0 Å². The van der Waals surface area contributed by atoms with Crippen LogP contribution in [0.4, 0.5) is 5.69 Å². The third-order valence-electron chi connectivity index (χ3n) is 1.80. The van der Waals surface area contributed by atoms with Crippen molar-refractivity contribution in [1.29, 1.82) is 0 Å². The maximum Gasteiger partial charge on any atom is 0.224 e. The van der Waals surface area contributed by atoms with Gasteiger partial charge in [0.1, 0.15) is 6.61 Å². The summed E-state index contributed by atoms with van der Waals surface area (Å²) in [5.74, 6) is 5.32. The van der Waals surface area contributed by atoms with Crippen molar-refractivity contribution in [3.63, 3.8) is 0 Å². The summed E-state index contributed by atoms with van der Waals surface area (Å²) in [6, 6.07) is 7.17. The Bertz CT molecular complexity index is 384. The Labute approximate surface area is 89.1 Å². The maximum absolute atomic E-state index is 11.1. The van der Waals surface area contributed by atoms with Crippen molar-refractivity contribution in [3.8, 4) is 11.8 Å². The summed E-state index contributed by atoms with van der Waals surface area (Å²) < 4.78 is 0. The first-order valence-corrected chi connectivity index (χ1v) is 4.76. The van der Waals surface area contributed by atoms with Crippen molar-refractivity contribution in [2.45, 2.75) is 13.3 Å². The molecule has 2 N–H and O–H groups in total. The van der Waals surface area contributed by atoms with Crippen LogP contribution in [0, 0.1) is 11.8 Å². The molecule has 0 aliphatic rings. The Kier molecular flexibility index (Phi) is 4.39. The summed E-state index contributed by atoms with van der Waals surface area (Å²) >= 11 is 0. The summed E-state index contributed by atoms with van der Waals surface area (Å²) in [6.45, 7) is 1.66. The second kappa shape index (κ2) is 5.84. The van der Waals surface area contributed by atoms with E-state index in [1.807, 2.05) is 0 Å². The molecular formula is C12H13NO2. The van der Waals surface area contributed by atoms with Crippen LogP contribution in [0.1, 0.15) is 18.9 Å². The highest BCUT2D eigenvalue weighted by molar-refractivity contribution is 5.90. The molecule has 0 spiro atoms. The number of hydrogen-bond acceptors (Lipinski definition) is 2. The second-order valence-electron chi connectivity index (χ2n) is 2.94. The summed E-state index contributed by atoms with van der Waals surface area (Å²) in [5, 5.41) is 11.2. The van der Waals surface area contributed by atoms with Crippen LogP contribution in [0.15, 0.2) is 24.3 Å². The van der Waals surface area contributed by atoms with E-state index in [0.29, 0.717) is 6.42 Å². The van der Waals surface area contributed by atoms with Crippen LogP contribution in [0.5, 0.6) is 0 Å². The smallest absolute Gasteiger partial charge is 0.224 e. The summed E-state index contributed by atoms with van der Waals surface area (Å²) in [5.41, 5.74) is 1.58. The molecule has 0 fully saturated rings. The van der Waals surface area contributed by atoms with Crippen molar-refractivity contribution in [2.75, 3.05) is 11.9 Å². The van der Waals surface area contributed by atoms with Crippen LogP contribution in [-0.4, -0.2) is 17.6 Å². The number of rotatable bonds is 2. The Hall–Kier alpha value is -1.79. The second-order valence-corrected chi connectivity index (χ2v) is 2.94. The van der Waals surface area contributed by atoms with Gasteiger partial charge in [0.05, 0.1) is 0 Å². The molecule has 0 aliphatic carbocycles. The summed E-state index contributed by atoms with van der Waals surface area (Å²) in [6.07, 6.45) is 0.464. The highest BCUT2D eigenvalue weighted by atomic mass is 16.2. The molecule has 78 valence electrons. The monoisotopic (exact) mass is 203 g/mol. The van der Waals surface area contributed by atoms with E-state index in [9.17, 15) is 4.79 Å². The van der Waals surface area contributed by atoms with E-state index in [0.717, 1.165) is 11.3 Å². The first-order chi connectivity index (χ1) is 7.26. The number of benzene rings is 1. The predicted molar refractivity (Wildman–Crippen MR) is 59.3 cm³/mol. The molecule has 0 aliphatic heterocycles. The van der Waals surface area contributed by atoms with Crippen LogP contribution in [0.2, 0.25) is 0 Å². The van der Waals surface area contributed by atoms with E-state index in [1.165, 1.54) is 0 Å². The molecular weight excluding hydrogens is 190 g/mol. The van der Waals surface area contributed by atoms with Gasteiger partial charge in [0.15, 0.2) is 0 Å². The van der Waals surface area contributed by atoms with Crippen LogP contribution in [-0.2, 0) is 4.79 Å². The van der Waals surface area contributed by atoms with Gasteiger partial charge in [-0.1, -0.05) is 18.8 Å². The minimum Gasteiger partial charge on any atom is -0.384 e. The van der Waals surface area contributed by atoms with E-state index in [1.54, 1.807) is 31.2 Å². The Morgan fingerprint density at radius 1 is 1.40 bits per heavy atom. The van der Waals surface area contributed by atoms with Gasteiger partial charge in [0.25, 0.3) is 0 Å². The molecule has 0 saturated heterocycles. The number of carbonyl (C=O) groups is 1. The molecule has 0 radical (unpaired) electrons. The number of hydrogen-bond donors (Lipinski definition) is 2. The van der Waals surface area contributed by atoms with Crippen LogP contribution < -0.4 is 5.32 Å². The van der Waals surface area contributed by atoms with Gasteiger partial charge in [-0.15, -0.1) is 0 Å². The number of aliphatic hydroxyl groups excluding tert-OH is 1. The average Bonchev–Trinajstić information content (AvgIpc) is 2.28. The predicted octanol–water partition coefficient (Wildman–Crippen LogP) is 1.38. The number of nitrogens with one attached hydrogen (secondary N) is 1. The minimum absolute atomic E-state index is 0.0100. The molecule has 0 atom stereocenters. The lowest BCUT2D eigenvalue weighted by Crippen LogP contribution is -2.09. The standard InChI is InChI=1S/C12H13NO2/c1-2-12(15)13-11-7-5-10(6-8-11)4-3-9-14/h5-8,14H,2,9H2,1H3,(H,13,15). The largest absolute Gasteiger partial charge is 0.384 e. The Balaban J connectivity index is 2.68. The molecule has 3 nitrogen and oxygen atoms in total. The third-order valence-corrected chi connectivity index (χ3v) is 1.80. The fraction of sp³-hybridized carbons (Fsp3) is 0.250. The summed E-state index contributed by atoms with van der Waals surface area (Å²) in [4.78, 5) is 11.1. The van der Waals surface area contributed by atoms with E-state index >= 15 is 0 Å². The SMILES string of the molecule is CCC(=O)Nc1ccc(C#CCO)cc1. The van der Waals surface area contributed by atoms with E-state index in [-0.39, 0.29) is 12.5 Å². The van der Waals surface area contributed by atoms with Crippen molar-refractivity contribution >= 4 is 11.6 Å². The van der Waals surface area contributed by atoms with Gasteiger partial charge >= 0.3 is 0 Å². The van der Waals surface area contributed by atoms with Crippen molar-refractivity contribution in [2.24, 2.45) is 0 Å². The first-order valence-electron chi connectivity index (χ1n) is 4.76. The van der Waals surface area contributed by atoms with Crippen LogP contribution in [0.3, 0.4) is 0 Å². The molecule has 1 aromatic rings. The molecule has 1 amide bonds. The van der Waals surface area contributed by atoms with Crippen LogP contribution in [0.25, 0.3) is 0 Å². The fourth-order valence-electron chi connectivity index (χ4n) is 1.03. The number of carbonyl (C=O) groups excluding carboxylic acids is 1. The number of amides is 1. The van der Waals surface area contributed by atoms with Gasteiger partial charge < -0.3 is 10.4 Å². The molecule has 0 aromatic heterocycles. The van der Waals surface area contributed by atoms with Gasteiger partial charge in [-0.05, 0) is 24.3 Å². The lowest BCUT2D eigenvalue weighted by Gasteiger charge is -2.02. The molecule has 1 rings (SSSR count). The highest BCUT2D eigenvalue weighted by Gasteiger charge is 1.97. The highest BCUT2D eigenvalue weighted by Crippen LogP contribution is 2.08. The molecule has 15 heavy (non-hydrogen) atoms. The van der Waals surface area contributed by atoms with Gasteiger partial charge in [-0.2, -0.15) is 0 Å². The zero-order valence-electron chi connectivity index (χ0n) is 8.58. The molecule has 1 aromatic carbocycles. The normalized spacial score (nSPS) is 8.93. The summed E-state index contributed by atoms with van der Waals surface area (Å²) in [7, 11) is 0. The Morgan fingerprint density at radius 3 is 2.60 bits per heavy atom. The molecule has 0 saturated carbocycles. The quantitative estimate of drug-likeness (QED) is 0.713. The van der Waals surface area contributed by atoms with Crippen molar-refractivity contribution in [3.05, 3.63) is 29.8 Å². The average molecular weight is 203 g/mol. The van der Waals surface area contributed by atoms with Crippen LogP contribution >= 0.6 is 0 Å². The fourth-order valence-corrected chi connectivity index (χ4v) is 1.03. The lowest BCUT2D eigenvalue weighted by molar-refractivity contribution is -0.115. The number of aliphatic hydroxyl groups is 1. The molecule has 0 bridgehead atoms. The first kappa shape index (κ1) is 11.3. The third kappa shape index (κ3) is 3.84. The maximum atomic E-state index is 11.1. The van der Waals surface area contributed by atoms with Crippen molar-refractivity contribution in [1.82, 2.24) is 0 Å². The molecule has 3 heteroatoms. The van der Waals surface area contributed by atoms with E-state index in [2.05, 4.69) is 17.2 Å². The van der Waals surface area contributed by atoms with E-state index < -0.39 is 0 Å². The molecule has 0 unspecified atom stereocenters. The lowest BCUT2D eigenvalue weighted by atomic mass is 10.2. The topological polar surface area (TPSA) is 49.3 Å².